The third kappa shape index (κ3) is 4.81. The van der Waals surface area contributed by atoms with Gasteiger partial charge in [0.15, 0.2) is 0 Å². The molecule has 0 saturated heterocycles. The van der Waals surface area contributed by atoms with Crippen LogP contribution in [-0.4, -0.2) is 23.9 Å². The molecule has 0 saturated carbocycles. The van der Waals surface area contributed by atoms with Gasteiger partial charge in [-0.3, -0.25) is 4.79 Å². The summed E-state index contributed by atoms with van der Waals surface area (Å²) < 4.78 is 24.9. The van der Waals surface area contributed by atoms with E-state index in [1.807, 2.05) is 35.0 Å². The monoisotopic (exact) mass is 384 g/mol. The number of benzene rings is 2. The third-order valence-corrected chi connectivity index (χ3v) is 5.09. The lowest BCUT2D eigenvalue weighted by Gasteiger charge is -2.10. The topological polar surface area (TPSA) is 107 Å². The fourth-order valence-corrected chi connectivity index (χ4v) is 3.19. The molecule has 0 atom stereocenters. The van der Waals surface area contributed by atoms with Gasteiger partial charge >= 0.3 is 0 Å². The Labute approximate surface area is 157 Å². The smallest absolute Gasteiger partial charge is 0.251 e. The van der Waals surface area contributed by atoms with Crippen LogP contribution in [0.4, 0.5) is 0 Å². The summed E-state index contributed by atoms with van der Waals surface area (Å²) in [5.74, 6) is -0.347. The molecule has 3 aromatic rings. The summed E-state index contributed by atoms with van der Waals surface area (Å²) in [6, 6.07) is 12.1. The van der Waals surface area contributed by atoms with Crippen molar-refractivity contribution in [3.63, 3.8) is 0 Å². The minimum Gasteiger partial charge on any atom is -0.348 e. The van der Waals surface area contributed by atoms with E-state index in [1.165, 1.54) is 12.1 Å². The lowest BCUT2D eigenvalue weighted by Crippen LogP contribution is -2.24. The Morgan fingerprint density at radius 1 is 1.15 bits per heavy atom. The molecule has 0 bridgehead atoms. The number of primary sulfonamides is 1. The molecule has 0 spiro atoms. The number of rotatable bonds is 6. The number of aromatic nitrogens is 2. The van der Waals surface area contributed by atoms with Gasteiger partial charge in [0.05, 0.1) is 11.2 Å². The Morgan fingerprint density at radius 3 is 2.48 bits per heavy atom. The van der Waals surface area contributed by atoms with E-state index in [-0.39, 0.29) is 10.8 Å². The van der Waals surface area contributed by atoms with Crippen LogP contribution in [0.25, 0.3) is 0 Å². The molecule has 0 fully saturated rings. The Kier molecular flexibility index (Phi) is 5.38. The first-order chi connectivity index (χ1) is 12.8. The van der Waals surface area contributed by atoms with Gasteiger partial charge in [0.25, 0.3) is 5.91 Å². The highest BCUT2D eigenvalue weighted by molar-refractivity contribution is 7.89. The maximum atomic E-state index is 12.4. The number of nitrogens with two attached hydrogens (primary N) is 1. The van der Waals surface area contributed by atoms with Crippen molar-refractivity contribution in [3.05, 3.63) is 83.4 Å². The molecule has 2 aromatic carbocycles. The highest BCUT2D eigenvalue weighted by atomic mass is 32.2. The zero-order chi connectivity index (χ0) is 19.4. The number of carbonyl (C=O) groups excluding carboxylic acids is 1. The van der Waals surface area contributed by atoms with Crippen molar-refractivity contribution < 1.29 is 13.2 Å². The minimum absolute atomic E-state index is 0.0814. The van der Waals surface area contributed by atoms with Gasteiger partial charge in [-0.15, -0.1) is 0 Å². The first-order valence-electron chi connectivity index (χ1n) is 8.28. The van der Waals surface area contributed by atoms with Crippen LogP contribution < -0.4 is 10.5 Å². The van der Waals surface area contributed by atoms with Gasteiger partial charge in [0.1, 0.15) is 0 Å². The molecule has 0 aliphatic carbocycles. The standard InChI is InChI=1S/C19H20N4O3S/c1-14-2-7-17(27(20,25)26)10-18(14)19(24)22-11-15-3-5-16(6-4-15)12-23-9-8-21-13-23/h2-10,13H,11-12H2,1H3,(H,22,24)(H2,20,25,26). The van der Waals surface area contributed by atoms with Crippen LogP contribution in [0, 0.1) is 6.92 Å². The second-order valence-electron chi connectivity index (χ2n) is 6.26. The Hall–Kier alpha value is -2.97. The largest absolute Gasteiger partial charge is 0.348 e. The zero-order valence-corrected chi connectivity index (χ0v) is 15.6. The normalized spacial score (nSPS) is 11.3. The van der Waals surface area contributed by atoms with Crippen molar-refractivity contribution in [3.8, 4) is 0 Å². The quantitative estimate of drug-likeness (QED) is 0.676. The van der Waals surface area contributed by atoms with Crippen molar-refractivity contribution in [2.24, 2.45) is 5.14 Å². The Balaban J connectivity index is 1.65. The van der Waals surface area contributed by atoms with Crippen LogP contribution in [0.3, 0.4) is 0 Å². The molecule has 7 nitrogen and oxygen atoms in total. The molecule has 0 aliphatic rings. The van der Waals surface area contributed by atoms with E-state index in [4.69, 9.17) is 5.14 Å². The molecule has 0 unspecified atom stereocenters. The fourth-order valence-electron chi connectivity index (χ4n) is 2.65. The second-order valence-corrected chi connectivity index (χ2v) is 7.82. The van der Waals surface area contributed by atoms with Gasteiger partial charge in [0.2, 0.25) is 10.0 Å². The summed E-state index contributed by atoms with van der Waals surface area (Å²) in [7, 11) is -3.86. The van der Waals surface area contributed by atoms with E-state index in [1.54, 1.807) is 25.5 Å². The lowest BCUT2D eigenvalue weighted by molar-refractivity contribution is 0.0950. The van der Waals surface area contributed by atoms with Crippen LogP contribution in [0.2, 0.25) is 0 Å². The maximum absolute atomic E-state index is 12.4. The third-order valence-electron chi connectivity index (χ3n) is 4.18. The summed E-state index contributed by atoms with van der Waals surface area (Å²) in [5.41, 5.74) is 3.03. The molecular formula is C19H20N4O3S. The van der Waals surface area contributed by atoms with Crippen LogP contribution in [0.15, 0.2) is 66.1 Å². The van der Waals surface area contributed by atoms with Gasteiger partial charge in [0, 0.05) is 31.0 Å². The molecular weight excluding hydrogens is 364 g/mol. The van der Waals surface area contributed by atoms with E-state index in [9.17, 15) is 13.2 Å². The number of aryl methyl sites for hydroxylation is 1. The molecule has 140 valence electrons. The summed E-state index contributed by atoms with van der Waals surface area (Å²) in [4.78, 5) is 16.4. The zero-order valence-electron chi connectivity index (χ0n) is 14.8. The van der Waals surface area contributed by atoms with Crippen molar-refractivity contribution in [1.29, 1.82) is 0 Å². The maximum Gasteiger partial charge on any atom is 0.251 e. The molecule has 3 rings (SSSR count). The number of hydrogen-bond donors (Lipinski definition) is 2. The van der Waals surface area contributed by atoms with E-state index >= 15 is 0 Å². The minimum atomic E-state index is -3.86. The molecule has 27 heavy (non-hydrogen) atoms. The van der Waals surface area contributed by atoms with Gasteiger partial charge in [-0.05, 0) is 35.7 Å². The van der Waals surface area contributed by atoms with Crippen LogP contribution in [0.5, 0.6) is 0 Å². The number of nitrogens with one attached hydrogen (secondary N) is 1. The van der Waals surface area contributed by atoms with Crippen molar-refractivity contribution in [2.75, 3.05) is 0 Å². The molecule has 1 heterocycles. The predicted molar refractivity (Wildman–Crippen MR) is 101 cm³/mol. The molecule has 1 amide bonds. The number of sulfonamides is 1. The summed E-state index contributed by atoms with van der Waals surface area (Å²) in [6.07, 6.45) is 5.38. The van der Waals surface area contributed by atoms with Crippen molar-refractivity contribution in [1.82, 2.24) is 14.9 Å². The van der Waals surface area contributed by atoms with Crippen LogP contribution >= 0.6 is 0 Å². The van der Waals surface area contributed by atoms with E-state index in [0.29, 0.717) is 17.7 Å². The first kappa shape index (κ1) is 18.8. The molecule has 3 N–H and O–H groups in total. The van der Waals surface area contributed by atoms with Gasteiger partial charge in [-0.25, -0.2) is 18.5 Å². The Morgan fingerprint density at radius 2 is 1.85 bits per heavy atom. The van der Waals surface area contributed by atoms with E-state index in [0.717, 1.165) is 17.7 Å². The van der Waals surface area contributed by atoms with Gasteiger partial charge in [-0.2, -0.15) is 0 Å². The lowest BCUT2D eigenvalue weighted by atomic mass is 10.1. The second kappa shape index (κ2) is 7.73. The van der Waals surface area contributed by atoms with Gasteiger partial charge < -0.3 is 9.88 Å². The molecule has 0 radical (unpaired) electrons. The number of amides is 1. The van der Waals surface area contributed by atoms with Gasteiger partial charge in [-0.1, -0.05) is 30.3 Å². The van der Waals surface area contributed by atoms with Crippen LogP contribution in [-0.2, 0) is 23.1 Å². The number of imidazole rings is 1. The average molecular weight is 384 g/mol. The van der Waals surface area contributed by atoms with E-state index < -0.39 is 10.0 Å². The predicted octanol–water partition coefficient (Wildman–Crippen LogP) is 1.82. The van der Waals surface area contributed by atoms with Crippen molar-refractivity contribution >= 4 is 15.9 Å². The Bertz CT molecular complexity index is 1040. The highest BCUT2D eigenvalue weighted by Gasteiger charge is 2.14. The molecule has 1 aromatic heterocycles. The first-order valence-corrected chi connectivity index (χ1v) is 9.83. The number of carbonyl (C=O) groups is 1. The molecule has 8 heteroatoms. The summed E-state index contributed by atoms with van der Waals surface area (Å²) in [6.45, 7) is 2.81. The summed E-state index contributed by atoms with van der Waals surface area (Å²) in [5, 5.41) is 7.95. The van der Waals surface area contributed by atoms with E-state index in [2.05, 4.69) is 10.3 Å². The highest BCUT2D eigenvalue weighted by Crippen LogP contribution is 2.15. The number of nitrogens with zero attached hydrogens (tertiary/aromatic N) is 2. The van der Waals surface area contributed by atoms with Crippen molar-refractivity contribution in [2.45, 2.75) is 24.9 Å². The molecule has 0 aliphatic heterocycles. The SMILES string of the molecule is Cc1ccc(S(N)(=O)=O)cc1C(=O)NCc1ccc(Cn2ccnc2)cc1. The number of hydrogen-bond acceptors (Lipinski definition) is 4. The van der Waals surface area contributed by atoms with Crippen LogP contribution in [0.1, 0.15) is 27.0 Å². The summed E-state index contributed by atoms with van der Waals surface area (Å²) >= 11 is 0. The fraction of sp³-hybridized carbons (Fsp3) is 0.158. The average Bonchev–Trinajstić information content (AvgIpc) is 3.13.